The van der Waals surface area contributed by atoms with Crippen LogP contribution in [-0.2, 0) is 4.74 Å². The number of alkyl halides is 1. The van der Waals surface area contributed by atoms with Gasteiger partial charge in [-0.1, -0.05) is 45.9 Å². The Kier molecular flexibility index (Phi) is 7.07. The van der Waals surface area contributed by atoms with Gasteiger partial charge in [0.05, 0.1) is 5.69 Å². The van der Waals surface area contributed by atoms with Crippen LogP contribution < -0.4 is 9.64 Å². The fourth-order valence-corrected chi connectivity index (χ4v) is 8.42. The molecule has 2 saturated heterocycles. The monoisotopic (exact) mass is 534 g/mol. The van der Waals surface area contributed by atoms with Gasteiger partial charge in [0.15, 0.2) is 0 Å². The molecule has 0 saturated carbocycles. The van der Waals surface area contributed by atoms with Crippen LogP contribution in [0.25, 0.3) is 10.8 Å². The van der Waals surface area contributed by atoms with Gasteiger partial charge in [0, 0.05) is 53.9 Å². The average molecular weight is 535 g/mol. The van der Waals surface area contributed by atoms with Gasteiger partial charge in [0.2, 0.25) is 0 Å². The molecule has 3 aliphatic heterocycles. The maximum absolute atomic E-state index is 13.5. The summed E-state index contributed by atoms with van der Waals surface area (Å²) in [5, 5.41) is 1.80. The van der Waals surface area contributed by atoms with Crippen LogP contribution in [0.15, 0.2) is 30.3 Å². The van der Waals surface area contributed by atoms with Crippen molar-refractivity contribution in [2.45, 2.75) is 51.2 Å². The molecule has 0 bridgehead atoms. The van der Waals surface area contributed by atoms with E-state index in [2.05, 4.69) is 0 Å². The number of hydrogen-bond acceptors (Lipinski definition) is 6. The molecule has 0 unspecified atom stereocenters. The number of nitrogens with zero attached hydrogens (tertiary/aromatic N) is 2. The summed E-state index contributed by atoms with van der Waals surface area (Å²) < 4.78 is 11.8. The number of carbonyl (C=O) groups is 2. The first-order valence-electron chi connectivity index (χ1n) is 12.1. The van der Waals surface area contributed by atoms with E-state index in [0.29, 0.717) is 36.3 Å². The van der Waals surface area contributed by atoms with Gasteiger partial charge in [-0.05, 0) is 50.5 Å². The second-order valence-corrected chi connectivity index (χ2v) is 13.3. The Balaban J connectivity index is 1.51. The molecule has 35 heavy (non-hydrogen) atoms. The molecule has 2 amide bonds. The standard InChI is InChI=1S/C26H31ClN2O4S2/c1-26(2,3)33-25(31)29-13-17(12-27)23-19-9-5-4-8-18(19)22(11-20(23)29)32-24(30)28-10-6-7-16-14-34-35-15-21(16)28/h4-5,8-9,11,16-17,21H,6-7,10,12-15H2,1-3H3/t16-,17-,21-/m1/s1. The van der Waals surface area contributed by atoms with Gasteiger partial charge in [-0.25, -0.2) is 9.59 Å². The highest BCUT2D eigenvalue weighted by Gasteiger charge is 2.39. The van der Waals surface area contributed by atoms with Crippen LogP contribution in [0.4, 0.5) is 15.3 Å². The summed E-state index contributed by atoms with van der Waals surface area (Å²) in [6.45, 7) is 6.69. The zero-order chi connectivity index (χ0) is 24.7. The van der Waals surface area contributed by atoms with Crippen LogP contribution in [0.5, 0.6) is 5.75 Å². The van der Waals surface area contributed by atoms with Gasteiger partial charge in [-0.15, -0.1) is 11.6 Å². The molecule has 3 atom stereocenters. The van der Waals surface area contributed by atoms with Gasteiger partial charge in [-0.3, -0.25) is 4.90 Å². The molecule has 2 aromatic carbocycles. The van der Waals surface area contributed by atoms with Crippen LogP contribution in [0.1, 0.15) is 45.1 Å². The van der Waals surface area contributed by atoms with Crippen molar-refractivity contribution in [2.24, 2.45) is 5.92 Å². The number of likely N-dealkylation sites (tertiary alicyclic amines) is 1. The molecular formula is C26H31ClN2O4S2. The first-order chi connectivity index (χ1) is 16.8. The summed E-state index contributed by atoms with van der Waals surface area (Å²) >= 11 is 6.36. The predicted octanol–water partition coefficient (Wildman–Crippen LogP) is 6.89. The number of rotatable bonds is 2. The second kappa shape index (κ2) is 9.94. The Morgan fingerprint density at radius 3 is 2.60 bits per heavy atom. The third-order valence-corrected chi connectivity index (χ3v) is 9.78. The van der Waals surface area contributed by atoms with Crippen molar-refractivity contribution in [1.82, 2.24) is 4.90 Å². The predicted molar refractivity (Wildman–Crippen MR) is 145 cm³/mol. The maximum atomic E-state index is 13.5. The Labute approximate surface area is 219 Å². The van der Waals surface area contributed by atoms with Gasteiger partial charge >= 0.3 is 12.2 Å². The number of halogens is 1. The van der Waals surface area contributed by atoms with Gasteiger partial charge in [-0.2, -0.15) is 0 Å². The van der Waals surface area contributed by atoms with Crippen LogP contribution in [0.2, 0.25) is 0 Å². The number of hydrogen-bond donors (Lipinski definition) is 0. The second-order valence-electron chi connectivity index (χ2n) is 10.4. The van der Waals surface area contributed by atoms with Crippen LogP contribution in [0.3, 0.4) is 0 Å². The van der Waals surface area contributed by atoms with E-state index in [-0.39, 0.29) is 18.1 Å². The lowest BCUT2D eigenvalue weighted by atomic mass is 9.92. The number of ether oxygens (including phenoxy) is 2. The smallest absolute Gasteiger partial charge is 0.415 e. The molecule has 0 spiro atoms. The van der Waals surface area contributed by atoms with Crippen LogP contribution >= 0.6 is 33.2 Å². The minimum absolute atomic E-state index is 0.0338. The largest absolute Gasteiger partial charge is 0.443 e. The summed E-state index contributed by atoms with van der Waals surface area (Å²) in [6.07, 6.45) is 1.42. The summed E-state index contributed by atoms with van der Waals surface area (Å²) in [6, 6.07) is 9.90. The van der Waals surface area contributed by atoms with E-state index in [9.17, 15) is 9.59 Å². The SMILES string of the molecule is CC(C)(C)OC(=O)N1C[C@@H](CCl)c2c1cc(OC(=O)N1CCC[C@@H]3CSSC[C@H]31)c1ccccc21. The first-order valence-corrected chi connectivity index (χ1v) is 15.1. The molecule has 3 heterocycles. The molecule has 188 valence electrons. The molecule has 0 radical (unpaired) electrons. The topological polar surface area (TPSA) is 59.1 Å². The van der Waals surface area contributed by atoms with Crippen molar-refractivity contribution in [3.05, 3.63) is 35.9 Å². The lowest BCUT2D eigenvalue weighted by Gasteiger charge is -2.42. The summed E-state index contributed by atoms with van der Waals surface area (Å²) in [5.41, 5.74) is 1.08. The van der Waals surface area contributed by atoms with Crippen molar-refractivity contribution >= 4 is 61.8 Å². The van der Waals surface area contributed by atoms with Gasteiger partial charge in [0.25, 0.3) is 0 Å². The minimum Gasteiger partial charge on any atom is -0.443 e. The van der Waals surface area contributed by atoms with Crippen molar-refractivity contribution in [3.8, 4) is 5.75 Å². The fourth-order valence-electron chi connectivity index (χ4n) is 5.30. The lowest BCUT2D eigenvalue weighted by Crippen LogP contribution is -2.52. The molecule has 9 heteroatoms. The zero-order valence-corrected chi connectivity index (χ0v) is 22.7. The Morgan fingerprint density at radius 2 is 1.86 bits per heavy atom. The highest BCUT2D eigenvalue weighted by Crippen LogP contribution is 2.46. The number of fused-ring (bicyclic) bond motifs is 4. The molecular weight excluding hydrogens is 504 g/mol. The zero-order valence-electron chi connectivity index (χ0n) is 20.3. The van der Waals surface area contributed by atoms with Crippen LogP contribution in [-0.4, -0.2) is 59.2 Å². The Morgan fingerprint density at radius 1 is 1.11 bits per heavy atom. The van der Waals surface area contributed by atoms with Crippen molar-refractivity contribution < 1.29 is 19.1 Å². The molecule has 2 fully saturated rings. The number of amides is 2. The normalized spacial score (nSPS) is 24.2. The lowest BCUT2D eigenvalue weighted by molar-refractivity contribution is 0.0582. The van der Waals surface area contributed by atoms with Gasteiger partial charge in [0.1, 0.15) is 11.4 Å². The minimum atomic E-state index is -0.621. The van der Waals surface area contributed by atoms with Gasteiger partial charge < -0.3 is 14.4 Å². The number of anilines is 1. The first kappa shape index (κ1) is 24.9. The molecule has 0 aliphatic carbocycles. The molecule has 5 rings (SSSR count). The third-order valence-electron chi connectivity index (χ3n) is 6.88. The van der Waals surface area contributed by atoms with E-state index < -0.39 is 11.7 Å². The number of carbonyl (C=O) groups excluding carboxylic acids is 2. The van der Waals surface area contributed by atoms with E-state index in [0.717, 1.165) is 40.7 Å². The van der Waals surface area contributed by atoms with E-state index in [4.69, 9.17) is 21.1 Å². The van der Waals surface area contributed by atoms with E-state index in [1.54, 1.807) is 4.90 Å². The van der Waals surface area contributed by atoms with Crippen molar-refractivity contribution in [3.63, 3.8) is 0 Å². The van der Waals surface area contributed by atoms with Crippen molar-refractivity contribution in [1.29, 1.82) is 0 Å². The van der Waals surface area contributed by atoms with E-state index in [1.165, 1.54) is 0 Å². The Bertz CT molecular complexity index is 1140. The van der Waals surface area contributed by atoms with E-state index in [1.807, 2.05) is 77.6 Å². The number of piperidine rings is 1. The molecule has 2 aromatic rings. The molecule has 0 N–H and O–H groups in total. The summed E-state index contributed by atoms with van der Waals surface area (Å²) in [5.74, 6) is 3.33. The van der Waals surface area contributed by atoms with E-state index >= 15 is 0 Å². The number of benzene rings is 2. The highest BCUT2D eigenvalue weighted by atomic mass is 35.5. The molecule has 0 aromatic heterocycles. The third kappa shape index (κ3) is 4.94. The van der Waals surface area contributed by atoms with Crippen LogP contribution in [0, 0.1) is 5.92 Å². The summed E-state index contributed by atoms with van der Waals surface area (Å²) in [4.78, 5) is 30.1. The quantitative estimate of drug-likeness (QED) is 0.309. The average Bonchev–Trinajstić information content (AvgIpc) is 3.21. The van der Waals surface area contributed by atoms with Crippen molar-refractivity contribution in [2.75, 3.05) is 35.4 Å². The summed E-state index contributed by atoms with van der Waals surface area (Å²) in [7, 11) is 3.73. The maximum Gasteiger partial charge on any atom is 0.415 e. The highest BCUT2D eigenvalue weighted by molar-refractivity contribution is 8.76. The molecule has 3 aliphatic rings. The molecule has 6 nitrogen and oxygen atoms in total. The Hall–Kier alpha value is -1.77. The fraction of sp³-hybridized carbons (Fsp3) is 0.538.